The molecule has 1 aliphatic carbocycles. The van der Waals surface area contributed by atoms with E-state index in [1.807, 2.05) is 0 Å². The molecule has 3 N–H and O–H groups in total. The van der Waals surface area contributed by atoms with Crippen molar-refractivity contribution in [2.45, 2.75) is 30.4 Å². The van der Waals surface area contributed by atoms with Gasteiger partial charge in [-0.05, 0) is 42.5 Å². The Morgan fingerprint density at radius 3 is 2.86 bits per heavy atom. The van der Waals surface area contributed by atoms with Gasteiger partial charge < -0.3 is 11.1 Å². The molecule has 110 valence electrons. The van der Waals surface area contributed by atoms with Crippen molar-refractivity contribution >= 4 is 34.4 Å². The van der Waals surface area contributed by atoms with Gasteiger partial charge in [-0.2, -0.15) is 4.99 Å². The second-order valence-corrected chi connectivity index (χ2v) is 6.38. The van der Waals surface area contributed by atoms with E-state index < -0.39 is 5.25 Å². The van der Waals surface area contributed by atoms with Crippen molar-refractivity contribution in [2.24, 2.45) is 10.7 Å². The number of hydrogen-bond acceptors (Lipinski definition) is 4. The van der Waals surface area contributed by atoms with E-state index in [0.29, 0.717) is 11.6 Å². The maximum absolute atomic E-state index is 13.3. The maximum Gasteiger partial charge on any atom is 0.262 e. The molecule has 0 saturated heterocycles. The number of nitrogens with zero attached hydrogens (tertiary/aromatic N) is 1. The number of carbonyl (C=O) groups is 2. The van der Waals surface area contributed by atoms with Gasteiger partial charge in [0.15, 0.2) is 5.17 Å². The van der Waals surface area contributed by atoms with Gasteiger partial charge in [-0.25, -0.2) is 4.39 Å². The lowest BCUT2D eigenvalue weighted by atomic mass is 10.1. The summed E-state index contributed by atoms with van der Waals surface area (Å²) in [4.78, 5) is 27.1. The molecular weight excluding hydrogens is 293 g/mol. The highest BCUT2D eigenvalue weighted by atomic mass is 32.2. The van der Waals surface area contributed by atoms with E-state index in [2.05, 4.69) is 10.3 Å². The average Bonchev–Trinajstić information content (AvgIpc) is 3.19. The Hall–Kier alpha value is -1.89. The molecule has 21 heavy (non-hydrogen) atoms. The zero-order valence-corrected chi connectivity index (χ0v) is 12.0. The average molecular weight is 307 g/mol. The summed E-state index contributed by atoms with van der Waals surface area (Å²) in [5, 5.41) is 2.39. The summed E-state index contributed by atoms with van der Waals surface area (Å²) >= 11 is 1.10. The molecule has 1 heterocycles. The highest BCUT2D eigenvalue weighted by Gasteiger charge is 2.30. The molecule has 2 amide bonds. The van der Waals surface area contributed by atoms with Crippen molar-refractivity contribution in [3.63, 3.8) is 0 Å². The van der Waals surface area contributed by atoms with Gasteiger partial charge in [0.2, 0.25) is 5.91 Å². The van der Waals surface area contributed by atoms with Crippen molar-refractivity contribution in [2.75, 3.05) is 5.32 Å². The Morgan fingerprint density at radius 2 is 2.24 bits per heavy atom. The Morgan fingerprint density at radius 1 is 1.48 bits per heavy atom. The van der Waals surface area contributed by atoms with Gasteiger partial charge in [0.1, 0.15) is 11.1 Å². The van der Waals surface area contributed by atoms with Gasteiger partial charge in [0.25, 0.3) is 5.91 Å². The molecule has 0 spiro atoms. The monoisotopic (exact) mass is 307 g/mol. The highest BCUT2D eigenvalue weighted by molar-refractivity contribution is 8.15. The van der Waals surface area contributed by atoms with Crippen LogP contribution in [0.2, 0.25) is 0 Å². The molecule has 1 aliphatic heterocycles. The molecule has 0 radical (unpaired) electrons. The lowest BCUT2D eigenvalue weighted by Crippen LogP contribution is -2.22. The predicted octanol–water partition coefficient (Wildman–Crippen LogP) is 1.99. The number of benzene rings is 1. The Kier molecular flexibility index (Phi) is 3.67. The largest absolute Gasteiger partial charge is 0.378 e. The van der Waals surface area contributed by atoms with Crippen LogP contribution in [-0.4, -0.2) is 22.2 Å². The number of aliphatic imine (C=N–C) groups is 1. The van der Waals surface area contributed by atoms with Crippen LogP contribution >= 0.6 is 11.8 Å². The molecule has 1 fully saturated rings. The van der Waals surface area contributed by atoms with Crippen molar-refractivity contribution in [1.82, 2.24) is 0 Å². The standard InChI is InChI=1S/C14H14FN3O2S/c15-8-3-4-10(9(5-8)7-1-2-7)17-12(19)6-11-13(20)18-14(16)21-11/h3-5,7,11H,1-2,6H2,(H,17,19)(H2,16,18,20). The summed E-state index contributed by atoms with van der Waals surface area (Å²) < 4.78 is 13.3. The fraction of sp³-hybridized carbons (Fsp3) is 0.357. The zero-order valence-electron chi connectivity index (χ0n) is 11.1. The molecule has 1 aromatic rings. The van der Waals surface area contributed by atoms with Crippen molar-refractivity contribution < 1.29 is 14.0 Å². The second kappa shape index (κ2) is 5.48. The third kappa shape index (κ3) is 3.24. The number of nitrogens with two attached hydrogens (primary N) is 1. The van der Waals surface area contributed by atoms with E-state index in [1.54, 1.807) is 6.07 Å². The maximum atomic E-state index is 13.3. The fourth-order valence-electron chi connectivity index (χ4n) is 2.28. The third-order valence-electron chi connectivity index (χ3n) is 3.43. The molecule has 1 saturated carbocycles. The molecule has 0 bridgehead atoms. The molecule has 0 aromatic heterocycles. The van der Waals surface area contributed by atoms with Crippen LogP contribution in [0.15, 0.2) is 23.2 Å². The van der Waals surface area contributed by atoms with Crippen LogP contribution in [0.3, 0.4) is 0 Å². The number of halogens is 1. The SMILES string of the molecule is NC1=NC(=O)C(CC(=O)Nc2ccc(F)cc2C2CC2)S1. The normalized spacial score (nSPS) is 21.3. The first-order valence-corrected chi connectivity index (χ1v) is 7.55. The topological polar surface area (TPSA) is 84.5 Å². The summed E-state index contributed by atoms with van der Waals surface area (Å²) in [6.07, 6.45) is 2.02. The molecule has 2 aliphatic rings. The number of anilines is 1. The summed E-state index contributed by atoms with van der Waals surface area (Å²) in [5.74, 6) is -0.663. The molecule has 1 aromatic carbocycles. The minimum Gasteiger partial charge on any atom is -0.378 e. The van der Waals surface area contributed by atoms with Gasteiger partial charge >= 0.3 is 0 Å². The zero-order chi connectivity index (χ0) is 15.0. The lowest BCUT2D eigenvalue weighted by molar-refractivity contribution is -0.121. The number of amidine groups is 1. The number of amides is 2. The predicted molar refractivity (Wildman–Crippen MR) is 79.6 cm³/mol. The summed E-state index contributed by atoms with van der Waals surface area (Å²) in [6, 6.07) is 4.34. The van der Waals surface area contributed by atoms with Gasteiger partial charge in [-0.15, -0.1) is 0 Å². The van der Waals surface area contributed by atoms with E-state index in [0.717, 1.165) is 30.2 Å². The van der Waals surface area contributed by atoms with E-state index in [-0.39, 0.29) is 29.2 Å². The second-order valence-electron chi connectivity index (χ2n) is 5.15. The number of rotatable bonds is 4. The summed E-state index contributed by atoms with van der Waals surface area (Å²) in [5.41, 5.74) is 6.89. The van der Waals surface area contributed by atoms with Crippen LogP contribution in [0.4, 0.5) is 10.1 Å². The molecule has 3 rings (SSSR count). The Labute approximate surface area is 125 Å². The Bertz CT molecular complexity index is 643. The lowest BCUT2D eigenvalue weighted by Gasteiger charge is -2.12. The van der Waals surface area contributed by atoms with Crippen molar-refractivity contribution in [3.8, 4) is 0 Å². The quantitative estimate of drug-likeness (QED) is 0.891. The minimum absolute atomic E-state index is 0.00911. The molecule has 5 nitrogen and oxygen atoms in total. The first-order chi connectivity index (χ1) is 10.0. The summed E-state index contributed by atoms with van der Waals surface area (Å²) in [7, 11) is 0. The summed E-state index contributed by atoms with van der Waals surface area (Å²) in [6.45, 7) is 0. The van der Waals surface area contributed by atoms with Crippen molar-refractivity contribution in [3.05, 3.63) is 29.6 Å². The third-order valence-corrected chi connectivity index (χ3v) is 4.42. The number of hydrogen-bond donors (Lipinski definition) is 2. The fourth-order valence-corrected chi connectivity index (χ4v) is 3.10. The van der Waals surface area contributed by atoms with E-state index in [9.17, 15) is 14.0 Å². The molecule has 1 unspecified atom stereocenters. The molecule has 7 heteroatoms. The number of nitrogens with one attached hydrogen (secondary N) is 1. The van der Waals surface area contributed by atoms with Crippen molar-refractivity contribution in [1.29, 1.82) is 0 Å². The molecular formula is C14H14FN3O2S. The van der Waals surface area contributed by atoms with Crippen LogP contribution in [0.5, 0.6) is 0 Å². The van der Waals surface area contributed by atoms with E-state index >= 15 is 0 Å². The highest BCUT2D eigenvalue weighted by Crippen LogP contribution is 2.43. The number of thioether (sulfide) groups is 1. The van der Waals surface area contributed by atoms with Gasteiger partial charge in [-0.3, -0.25) is 9.59 Å². The Balaban J connectivity index is 1.67. The van der Waals surface area contributed by atoms with Gasteiger partial charge in [0.05, 0.1) is 0 Å². The first kappa shape index (κ1) is 14.1. The first-order valence-electron chi connectivity index (χ1n) is 6.67. The van der Waals surface area contributed by atoms with Crippen LogP contribution in [0.25, 0.3) is 0 Å². The van der Waals surface area contributed by atoms with Crippen LogP contribution in [0, 0.1) is 5.82 Å². The van der Waals surface area contributed by atoms with E-state index in [4.69, 9.17) is 5.73 Å². The van der Waals surface area contributed by atoms with Gasteiger partial charge in [0, 0.05) is 12.1 Å². The van der Waals surface area contributed by atoms with Crippen LogP contribution in [-0.2, 0) is 9.59 Å². The smallest absolute Gasteiger partial charge is 0.262 e. The minimum atomic E-state index is -0.560. The number of carbonyl (C=O) groups excluding carboxylic acids is 2. The van der Waals surface area contributed by atoms with Gasteiger partial charge in [-0.1, -0.05) is 11.8 Å². The van der Waals surface area contributed by atoms with Crippen LogP contribution < -0.4 is 11.1 Å². The molecule has 1 atom stereocenters. The van der Waals surface area contributed by atoms with E-state index in [1.165, 1.54) is 12.1 Å². The van der Waals surface area contributed by atoms with Crippen LogP contribution in [0.1, 0.15) is 30.7 Å².